The number of nitrogens with two attached hydrogens (primary N) is 2. The second-order valence-electron chi connectivity index (χ2n) is 6.54. The van der Waals surface area contributed by atoms with Gasteiger partial charge in [-0.25, -0.2) is 21.3 Å². The van der Waals surface area contributed by atoms with Crippen molar-refractivity contribution < 1.29 is 38.2 Å². The molecule has 174 valence electrons. The van der Waals surface area contributed by atoms with Crippen molar-refractivity contribution >= 4 is 35.6 Å². The highest BCUT2D eigenvalue weighted by molar-refractivity contribution is 6.35. The van der Waals surface area contributed by atoms with Crippen molar-refractivity contribution in [3.63, 3.8) is 0 Å². The standard InChI is InChI=1S/C10H15NO5.C7H13N5O3/c1-3-16-10(14)8(12)11-6-4-5-7(11)9(13)15-2;8-10-5(13)4-2-1-3-12(4)7(15)6(14)11-9/h7H,3-6H2,1-2H3;4H,1-3,8-9H2,(H,10,13)(H,11,14)/t7-;4-/m00/s1. The number of nitrogens with zero attached hydrogens (tertiary/aromatic N) is 2. The molecule has 0 aromatic heterocycles. The third kappa shape index (κ3) is 6.62. The minimum Gasteiger partial charge on any atom is -0.467 e. The lowest BCUT2D eigenvalue weighted by molar-refractivity contribution is -0.163. The quantitative estimate of drug-likeness (QED) is 0.112. The van der Waals surface area contributed by atoms with Crippen molar-refractivity contribution in [3.8, 4) is 0 Å². The first kappa shape index (κ1) is 25.8. The number of amides is 4. The smallest absolute Gasteiger partial charge is 0.397 e. The van der Waals surface area contributed by atoms with Crippen LogP contribution in [0.4, 0.5) is 0 Å². The van der Waals surface area contributed by atoms with Gasteiger partial charge in [0.2, 0.25) is 0 Å². The number of ether oxygens (including phenoxy) is 2. The van der Waals surface area contributed by atoms with Crippen molar-refractivity contribution in [3.05, 3.63) is 0 Å². The van der Waals surface area contributed by atoms with Gasteiger partial charge in [-0.05, 0) is 32.6 Å². The number of esters is 2. The van der Waals surface area contributed by atoms with E-state index < -0.39 is 47.7 Å². The van der Waals surface area contributed by atoms with Gasteiger partial charge in [0.15, 0.2) is 0 Å². The Bertz CT molecular complexity index is 715. The van der Waals surface area contributed by atoms with Crippen LogP contribution in [-0.4, -0.2) is 84.3 Å². The van der Waals surface area contributed by atoms with Crippen LogP contribution in [0.25, 0.3) is 0 Å². The number of rotatable bonds is 3. The maximum absolute atomic E-state index is 11.6. The van der Waals surface area contributed by atoms with E-state index in [9.17, 15) is 28.8 Å². The van der Waals surface area contributed by atoms with Crippen LogP contribution in [0.2, 0.25) is 0 Å². The summed E-state index contributed by atoms with van der Waals surface area (Å²) >= 11 is 0. The van der Waals surface area contributed by atoms with E-state index in [2.05, 4.69) is 9.47 Å². The largest absolute Gasteiger partial charge is 0.467 e. The molecule has 31 heavy (non-hydrogen) atoms. The number of nitrogens with one attached hydrogen (secondary N) is 2. The zero-order valence-corrected chi connectivity index (χ0v) is 17.4. The Morgan fingerprint density at radius 1 is 0.903 bits per heavy atom. The summed E-state index contributed by atoms with van der Waals surface area (Å²) in [6.45, 7) is 2.50. The molecule has 4 amide bonds. The zero-order valence-electron chi connectivity index (χ0n) is 17.4. The van der Waals surface area contributed by atoms with Gasteiger partial charge < -0.3 is 19.3 Å². The molecule has 0 bridgehead atoms. The molecule has 2 heterocycles. The minimum absolute atomic E-state index is 0.140. The van der Waals surface area contributed by atoms with Crippen LogP contribution in [0, 0.1) is 0 Å². The highest BCUT2D eigenvalue weighted by atomic mass is 16.5. The van der Waals surface area contributed by atoms with Crippen LogP contribution in [-0.2, 0) is 38.2 Å². The molecule has 2 aliphatic rings. The highest BCUT2D eigenvalue weighted by Gasteiger charge is 2.38. The van der Waals surface area contributed by atoms with E-state index in [0.29, 0.717) is 38.8 Å². The van der Waals surface area contributed by atoms with E-state index in [1.54, 1.807) is 12.3 Å². The second-order valence-corrected chi connectivity index (χ2v) is 6.54. The van der Waals surface area contributed by atoms with Gasteiger partial charge in [0.05, 0.1) is 13.7 Å². The molecule has 0 unspecified atom stereocenters. The predicted molar refractivity (Wildman–Crippen MR) is 103 cm³/mol. The molecule has 2 rings (SSSR count). The zero-order chi connectivity index (χ0) is 23.6. The number of hydrazine groups is 2. The number of hydrogen-bond donors (Lipinski definition) is 4. The van der Waals surface area contributed by atoms with Gasteiger partial charge in [-0.15, -0.1) is 0 Å². The van der Waals surface area contributed by atoms with Crippen molar-refractivity contribution in [2.24, 2.45) is 11.7 Å². The molecule has 14 nitrogen and oxygen atoms in total. The summed E-state index contributed by atoms with van der Waals surface area (Å²) in [5.74, 6) is 5.37. The molecule has 14 heteroatoms. The maximum atomic E-state index is 11.6. The van der Waals surface area contributed by atoms with Crippen LogP contribution >= 0.6 is 0 Å². The first-order chi connectivity index (χ1) is 14.7. The SMILES string of the molecule is CCOC(=O)C(=O)N1CCC[C@H]1C(=O)OC.NNC(=O)C(=O)N1CCC[C@H]1C(=O)NN. The summed E-state index contributed by atoms with van der Waals surface area (Å²) in [6.07, 6.45) is 2.36. The molecule has 2 saturated heterocycles. The molecular formula is C17H28N6O8. The average molecular weight is 444 g/mol. The summed E-state index contributed by atoms with van der Waals surface area (Å²) in [7, 11) is 1.26. The summed E-state index contributed by atoms with van der Waals surface area (Å²) in [5.41, 5.74) is 3.68. The molecule has 2 fully saturated rings. The van der Waals surface area contributed by atoms with E-state index in [1.807, 2.05) is 5.43 Å². The molecule has 0 spiro atoms. The van der Waals surface area contributed by atoms with E-state index in [1.165, 1.54) is 12.0 Å². The molecule has 0 aromatic carbocycles. The lowest BCUT2D eigenvalue weighted by Gasteiger charge is -2.21. The van der Waals surface area contributed by atoms with Crippen molar-refractivity contribution in [1.82, 2.24) is 20.7 Å². The van der Waals surface area contributed by atoms with E-state index in [4.69, 9.17) is 11.7 Å². The van der Waals surface area contributed by atoms with Gasteiger partial charge in [0.1, 0.15) is 12.1 Å². The van der Waals surface area contributed by atoms with Crippen molar-refractivity contribution in [2.45, 2.75) is 44.7 Å². The van der Waals surface area contributed by atoms with Crippen molar-refractivity contribution in [2.75, 3.05) is 26.8 Å². The fourth-order valence-electron chi connectivity index (χ4n) is 3.27. The number of carbonyl (C=O) groups excluding carboxylic acids is 6. The second kappa shape index (κ2) is 12.4. The average Bonchev–Trinajstić information content (AvgIpc) is 3.46. The summed E-state index contributed by atoms with van der Waals surface area (Å²) in [5, 5.41) is 0. The third-order valence-corrected chi connectivity index (χ3v) is 4.72. The Hall–Kier alpha value is -3.26. The summed E-state index contributed by atoms with van der Waals surface area (Å²) < 4.78 is 9.16. The van der Waals surface area contributed by atoms with E-state index in [-0.39, 0.29) is 6.61 Å². The normalized spacial score (nSPS) is 19.6. The van der Waals surface area contributed by atoms with Gasteiger partial charge in [0, 0.05) is 13.1 Å². The summed E-state index contributed by atoms with van der Waals surface area (Å²) in [4.78, 5) is 70.2. The van der Waals surface area contributed by atoms with Crippen LogP contribution < -0.4 is 22.5 Å². The van der Waals surface area contributed by atoms with Gasteiger partial charge in [-0.2, -0.15) is 0 Å². The number of methoxy groups -OCH3 is 1. The molecule has 0 saturated carbocycles. The maximum Gasteiger partial charge on any atom is 0.397 e. The highest BCUT2D eigenvalue weighted by Crippen LogP contribution is 2.19. The molecular weight excluding hydrogens is 416 g/mol. The van der Waals surface area contributed by atoms with Gasteiger partial charge in [0.25, 0.3) is 5.91 Å². The molecule has 2 aliphatic heterocycles. The van der Waals surface area contributed by atoms with Crippen molar-refractivity contribution in [1.29, 1.82) is 0 Å². The molecule has 6 N–H and O–H groups in total. The topological polar surface area (TPSA) is 203 Å². The fraction of sp³-hybridized carbons (Fsp3) is 0.647. The predicted octanol–water partition coefficient (Wildman–Crippen LogP) is -3.33. The fourth-order valence-corrected chi connectivity index (χ4v) is 3.27. The van der Waals surface area contributed by atoms with E-state index >= 15 is 0 Å². The Morgan fingerprint density at radius 3 is 1.94 bits per heavy atom. The van der Waals surface area contributed by atoms with Gasteiger partial charge in [-0.3, -0.25) is 30.0 Å². The van der Waals surface area contributed by atoms with Crippen LogP contribution in [0.3, 0.4) is 0 Å². The number of hydrogen-bond acceptors (Lipinski definition) is 10. The first-order valence-corrected chi connectivity index (χ1v) is 9.60. The monoisotopic (exact) mass is 444 g/mol. The van der Waals surface area contributed by atoms with Crippen LogP contribution in [0.1, 0.15) is 32.6 Å². The molecule has 0 radical (unpaired) electrons. The third-order valence-electron chi connectivity index (χ3n) is 4.72. The van der Waals surface area contributed by atoms with Gasteiger partial charge >= 0.3 is 29.7 Å². The minimum atomic E-state index is -0.938. The van der Waals surface area contributed by atoms with Crippen LogP contribution in [0.5, 0.6) is 0 Å². The molecule has 2 atom stereocenters. The summed E-state index contributed by atoms with van der Waals surface area (Å²) in [6, 6.07) is -1.33. The lowest BCUT2D eigenvalue weighted by Crippen LogP contribution is -2.52. The molecule has 0 aromatic rings. The molecule has 0 aliphatic carbocycles. The Balaban J connectivity index is 0.000000311. The van der Waals surface area contributed by atoms with E-state index in [0.717, 1.165) is 4.90 Å². The lowest BCUT2D eigenvalue weighted by atomic mass is 10.2. The van der Waals surface area contributed by atoms with Gasteiger partial charge in [-0.1, -0.05) is 0 Å². The first-order valence-electron chi connectivity index (χ1n) is 9.60. The number of likely N-dealkylation sites (tertiary alicyclic amines) is 2. The Labute approximate surface area is 178 Å². The van der Waals surface area contributed by atoms with Crippen LogP contribution in [0.15, 0.2) is 0 Å². The Kier molecular flexibility index (Phi) is 10.3. The Morgan fingerprint density at radius 2 is 1.45 bits per heavy atom. The number of carbonyl (C=O) groups is 6.